The van der Waals surface area contributed by atoms with Crippen molar-refractivity contribution in [2.75, 3.05) is 26.7 Å². The molecule has 1 aliphatic carbocycles. The Labute approximate surface area is 215 Å². The van der Waals surface area contributed by atoms with Crippen LogP contribution in [0.1, 0.15) is 63.4 Å². The fourth-order valence-electron chi connectivity index (χ4n) is 5.05. The highest BCUT2D eigenvalue weighted by molar-refractivity contribution is 5.88. The van der Waals surface area contributed by atoms with Crippen LogP contribution in [0.2, 0.25) is 0 Å². The highest BCUT2D eigenvalue weighted by atomic mass is 16.3. The lowest BCUT2D eigenvalue weighted by Gasteiger charge is -2.29. The number of nitrogens with two attached hydrogens (primary N) is 1. The summed E-state index contributed by atoms with van der Waals surface area (Å²) in [5.41, 5.74) is 6.44. The third-order valence-electron chi connectivity index (χ3n) is 7.30. The second-order valence-corrected chi connectivity index (χ2v) is 10.2. The van der Waals surface area contributed by atoms with Gasteiger partial charge < -0.3 is 26.4 Å². The predicted octanol–water partition coefficient (Wildman–Crippen LogP) is 3.13. The quantitative estimate of drug-likeness (QED) is 0.361. The first-order chi connectivity index (χ1) is 17.5. The minimum atomic E-state index is -0.810. The smallest absolute Gasteiger partial charge is 0.243 e. The van der Waals surface area contributed by atoms with Crippen molar-refractivity contribution in [2.45, 2.75) is 82.4 Å². The number of hydrogen-bond donors (Lipinski definition) is 4. The Morgan fingerprint density at radius 2 is 1.75 bits per heavy atom. The van der Waals surface area contributed by atoms with Gasteiger partial charge in [-0.25, -0.2) is 0 Å². The summed E-state index contributed by atoms with van der Waals surface area (Å²) in [4.78, 5) is 28.2. The third-order valence-corrected chi connectivity index (χ3v) is 7.30. The highest BCUT2D eigenvalue weighted by Crippen LogP contribution is 2.21. The van der Waals surface area contributed by atoms with Gasteiger partial charge in [0.1, 0.15) is 6.04 Å². The average Bonchev–Trinajstić information content (AvgIpc) is 2.86. The summed E-state index contributed by atoms with van der Waals surface area (Å²) in [6.07, 6.45) is 9.79. The molecule has 7 nitrogen and oxygen atoms in total. The van der Waals surface area contributed by atoms with Gasteiger partial charge in [0.15, 0.2) is 0 Å². The van der Waals surface area contributed by atoms with E-state index in [1.807, 2.05) is 36.4 Å². The Hall–Kier alpha value is -2.48. The van der Waals surface area contributed by atoms with Gasteiger partial charge in [0.05, 0.1) is 6.10 Å². The van der Waals surface area contributed by atoms with Crippen molar-refractivity contribution in [2.24, 2.45) is 5.73 Å². The van der Waals surface area contributed by atoms with Gasteiger partial charge in [-0.2, -0.15) is 0 Å². The summed E-state index contributed by atoms with van der Waals surface area (Å²) in [5, 5.41) is 17.7. The van der Waals surface area contributed by atoms with Crippen LogP contribution in [-0.2, 0) is 16.0 Å². The number of fused-ring (bicyclic) bond motifs is 1. The van der Waals surface area contributed by atoms with Gasteiger partial charge in [0.2, 0.25) is 11.8 Å². The number of aliphatic hydroxyl groups excluding tert-OH is 1. The SMILES string of the molecule is CN(CCCC(=O)NC(Cc1ccc2ccccc2c1)C(=O)NCC(O)CN)C1CCCCCCC1. The van der Waals surface area contributed by atoms with Gasteiger partial charge in [0.25, 0.3) is 0 Å². The second kappa shape index (κ2) is 14.9. The zero-order chi connectivity index (χ0) is 25.8. The Bertz CT molecular complexity index is 958. The molecule has 0 spiro atoms. The number of carbonyl (C=O) groups excluding carboxylic acids is 2. The van der Waals surface area contributed by atoms with E-state index < -0.39 is 12.1 Å². The molecular weight excluding hydrogens is 452 g/mol. The first kappa shape index (κ1) is 28.1. The topological polar surface area (TPSA) is 108 Å². The van der Waals surface area contributed by atoms with Gasteiger partial charge in [-0.05, 0) is 49.2 Å². The molecule has 0 bridgehead atoms. The summed E-state index contributed by atoms with van der Waals surface area (Å²) in [6.45, 7) is 1.00. The predicted molar refractivity (Wildman–Crippen MR) is 146 cm³/mol. The van der Waals surface area contributed by atoms with Crippen molar-refractivity contribution in [3.8, 4) is 0 Å². The van der Waals surface area contributed by atoms with Crippen molar-refractivity contribution in [1.29, 1.82) is 0 Å². The maximum Gasteiger partial charge on any atom is 0.243 e. The lowest BCUT2D eigenvalue weighted by molar-refractivity contribution is -0.129. The molecule has 0 aromatic heterocycles. The van der Waals surface area contributed by atoms with E-state index >= 15 is 0 Å². The van der Waals surface area contributed by atoms with Crippen molar-refractivity contribution in [3.05, 3.63) is 48.0 Å². The van der Waals surface area contributed by atoms with Gasteiger partial charge in [-0.3, -0.25) is 9.59 Å². The molecule has 2 aromatic carbocycles. The second-order valence-electron chi connectivity index (χ2n) is 10.2. The van der Waals surface area contributed by atoms with E-state index in [2.05, 4.69) is 28.6 Å². The van der Waals surface area contributed by atoms with Gasteiger partial charge in [-0.15, -0.1) is 0 Å². The summed E-state index contributed by atoms with van der Waals surface area (Å²) in [7, 11) is 2.17. The summed E-state index contributed by atoms with van der Waals surface area (Å²) in [5.74, 6) is -0.433. The molecule has 5 N–H and O–H groups in total. The van der Waals surface area contributed by atoms with Crippen LogP contribution in [0.5, 0.6) is 0 Å². The number of carbonyl (C=O) groups is 2. The highest BCUT2D eigenvalue weighted by Gasteiger charge is 2.22. The summed E-state index contributed by atoms with van der Waals surface area (Å²) in [6, 6.07) is 14.0. The normalized spacial score (nSPS) is 16.8. The van der Waals surface area contributed by atoms with Crippen molar-refractivity contribution in [3.63, 3.8) is 0 Å². The molecule has 1 saturated carbocycles. The van der Waals surface area contributed by atoms with E-state index in [0.717, 1.165) is 29.3 Å². The number of nitrogens with zero attached hydrogens (tertiary/aromatic N) is 1. The summed E-state index contributed by atoms with van der Waals surface area (Å²) < 4.78 is 0. The fraction of sp³-hybridized carbons (Fsp3) is 0.586. The maximum atomic E-state index is 12.9. The Kier molecular flexibility index (Phi) is 11.7. The van der Waals surface area contributed by atoms with Gasteiger partial charge in [0, 0.05) is 32.0 Å². The van der Waals surface area contributed by atoms with Crippen LogP contribution in [0, 0.1) is 0 Å². The van der Waals surface area contributed by atoms with Gasteiger partial charge in [-0.1, -0.05) is 74.6 Å². The zero-order valence-electron chi connectivity index (χ0n) is 21.8. The maximum absolute atomic E-state index is 12.9. The van der Waals surface area contributed by atoms with E-state index in [1.54, 1.807) is 0 Å². The molecule has 3 rings (SSSR count). The molecule has 0 heterocycles. The Morgan fingerprint density at radius 1 is 1.06 bits per heavy atom. The van der Waals surface area contributed by atoms with Crippen LogP contribution in [-0.4, -0.2) is 66.7 Å². The van der Waals surface area contributed by atoms with Crippen LogP contribution >= 0.6 is 0 Å². The average molecular weight is 497 g/mol. The first-order valence-electron chi connectivity index (χ1n) is 13.6. The molecule has 2 unspecified atom stereocenters. The van der Waals surface area contributed by atoms with E-state index in [0.29, 0.717) is 18.9 Å². The molecule has 36 heavy (non-hydrogen) atoms. The first-order valence-corrected chi connectivity index (χ1v) is 13.6. The largest absolute Gasteiger partial charge is 0.390 e. The molecule has 1 fully saturated rings. The van der Waals surface area contributed by atoms with Gasteiger partial charge >= 0.3 is 0 Å². The van der Waals surface area contributed by atoms with Crippen molar-refractivity contribution >= 4 is 22.6 Å². The van der Waals surface area contributed by atoms with Crippen LogP contribution < -0.4 is 16.4 Å². The van der Waals surface area contributed by atoms with E-state index in [4.69, 9.17) is 5.73 Å². The molecular formula is C29H44N4O3. The lowest BCUT2D eigenvalue weighted by atomic mass is 9.96. The van der Waals surface area contributed by atoms with Crippen molar-refractivity contribution < 1.29 is 14.7 Å². The van der Waals surface area contributed by atoms with E-state index in [1.165, 1.54) is 44.9 Å². The molecule has 7 heteroatoms. The molecule has 198 valence electrons. The number of rotatable bonds is 12. The monoisotopic (exact) mass is 496 g/mol. The number of nitrogens with one attached hydrogen (secondary N) is 2. The molecule has 0 radical (unpaired) electrons. The van der Waals surface area contributed by atoms with Crippen LogP contribution in [0.15, 0.2) is 42.5 Å². The van der Waals surface area contributed by atoms with Crippen LogP contribution in [0.25, 0.3) is 10.8 Å². The van der Waals surface area contributed by atoms with Crippen LogP contribution in [0.4, 0.5) is 0 Å². The molecule has 0 saturated heterocycles. The van der Waals surface area contributed by atoms with E-state index in [-0.39, 0.29) is 24.9 Å². The van der Waals surface area contributed by atoms with Crippen LogP contribution in [0.3, 0.4) is 0 Å². The minimum Gasteiger partial charge on any atom is -0.390 e. The molecule has 1 aliphatic rings. The molecule has 2 amide bonds. The standard InChI is InChI=1S/C29H44N4O3/c1-33(25-12-5-3-2-4-6-13-25)17-9-14-28(35)32-27(29(36)31-21-26(34)20-30)19-22-15-16-23-10-7-8-11-24(23)18-22/h7-8,10-11,15-16,18,25-27,34H,2-6,9,12-14,17,19-21,30H2,1H3,(H,31,36)(H,32,35). The zero-order valence-corrected chi connectivity index (χ0v) is 21.8. The Balaban J connectivity index is 1.56. The number of amides is 2. The number of hydrogen-bond acceptors (Lipinski definition) is 5. The lowest BCUT2D eigenvalue weighted by Crippen LogP contribution is -2.50. The fourth-order valence-corrected chi connectivity index (χ4v) is 5.05. The molecule has 0 aliphatic heterocycles. The van der Waals surface area contributed by atoms with E-state index in [9.17, 15) is 14.7 Å². The Morgan fingerprint density at radius 3 is 2.47 bits per heavy atom. The minimum absolute atomic E-state index is 0.0611. The molecule has 2 aromatic rings. The third kappa shape index (κ3) is 9.19. The summed E-state index contributed by atoms with van der Waals surface area (Å²) >= 11 is 0. The van der Waals surface area contributed by atoms with Crippen molar-refractivity contribution in [1.82, 2.24) is 15.5 Å². The number of benzene rings is 2. The number of aliphatic hydroxyl groups is 1. The molecule has 2 atom stereocenters.